The average Bonchev–Trinajstić information content (AvgIpc) is 2.75. The Hall–Kier alpha value is -2.85. The fourth-order valence-corrected chi connectivity index (χ4v) is 4.11. The zero-order valence-electron chi connectivity index (χ0n) is 17.5. The molecule has 4 aromatic rings. The normalized spacial score (nSPS) is 11.3. The molecule has 0 fully saturated rings. The molecule has 0 unspecified atom stereocenters. The molecule has 164 valence electrons. The third kappa shape index (κ3) is 4.51. The van der Waals surface area contributed by atoms with Crippen LogP contribution in [0.4, 0.5) is 17.6 Å². The number of rotatable bonds is 6. The van der Waals surface area contributed by atoms with Crippen LogP contribution in [0.15, 0.2) is 60.7 Å². The van der Waals surface area contributed by atoms with Gasteiger partial charge in [-0.05, 0) is 77.2 Å². The van der Waals surface area contributed by atoms with Crippen molar-refractivity contribution in [3.63, 3.8) is 0 Å². The van der Waals surface area contributed by atoms with Gasteiger partial charge in [-0.25, -0.2) is 17.6 Å². The SMILES string of the molecule is CCCc1cc(F)c(-c2ccc3c(F)c(CCc4ccc(Cl)c(F)c4)ccc3c2)c(F)c1. The van der Waals surface area contributed by atoms with Crippen LogP contribution < -0.4 is 0 Å². The molecule has 0 saturated carbocycles. The summed E-state index contributed by atoms with van der Waals surface area (Å²) < 4.78 is 58.0. The van der Waals surface area contributed by atoms with Gasteiger partial charge in [0.2, 0.25) is 0 Å². The second-order valence-electron chi connectivity index (χ2n) is 7.91. The summed E-state index contributed by atoms with van der Waals surface area (Å²) in [6.45, 7) is 1.95. The topological polar surface area (TPSA) is 0 Å². The largest absolute Gasteiger partial charge is 0.206 e. The number of benzene rings is 4. The maximum absolute atomic E-state index is 15.1. The van der Waals surface area contributed by atoms with Crippen LogP contribution in [-0.2, 0) is 19.3 Å². The Kier molecular flexibility index (Phi) is 6.52. The molecule has 5 heteroatoms. The number of hydrogen-bond acceptors (Lipinski definition) is 0. The molecule has 0 bridgehead atoms. The molecule has 0 spiro atoms. The van der Waals surface area contributed by atoms with Gasteiger partial charge in [0.25, 0.3) is 0 Å². The van der Waals surface area contributed by atoms with Gasteiger partial charge in [0.15, 0.2) is 0 Å². The fraction of sp³-hybridized carbons (Fsp3) is 0.185. The molecule has 0 aliphatic heterocycles. The highest BCUT2D eigenvalue weighted by Gasteiger charge is 2.15. The van der Waals surface area contributed by atoms with Crippen LogP contribution in [-0.4, -0.2) is 0 Å². The van der Waals surface area contributed by atoms with E-state index in [1.807, 2.05) is 6.92 Å². The zero-order valence-corrected chi connectivity index (χ0v) is 18.2. The van der Waals surface area contributed by atoms with Crippen LogP contribution in [0.3, 0.4) is 0 Å². The highest BCUT2D eigenvalue weighted by Crippen LogP contribution is 2.32. The van der Waals surface area contributed by atoms with Gasteiger partial charge >= 0.3 is 0 Å². The number of halogens is 5. The second kappa shape index (κ2) is 9.33. The number of aryl methyl sites for hydroxylation is 3. The maximum atomic E-state index is 15.1. The van der Waals surface area contributed by atoms with Crippen LogP contribution in [0.5, 0.6) is 0 Å². The van der Waals surface area contributed by atoms with Gasteiger partial charge in [0.1, 0.15) is 23.3 Å². The van der Waals surface area contributed by atoms with Gasteiger partial charge in [-0.15, -0.1) is 0 Å². The Morgan fingerprint density at radius 3 is 2.09 bits per heavy atom. The Bertz CT molecular complexity index is 1270. The van der Waals surface area contributed by atoms with Crippen molar-refractivity contribution < 1.29 is 17.6 Å². The van der Waals surface area contributed by atoms with Gasteiger partial charge in [0, 0.05) is 5.39 Å². The van der Waals surface area contributed by atoms with E-state index in [1.165, 1.54) is 30.3 Å². The Morgan fingerprint density at radius 1 is 0.688 bits per heavy atom. The molecular weight excluding hydrogens is 436 g/mol. The van der Waals surface area contributed by atoms with E-state index in [-0.39, 0.29) is 16.4 Å². The van der Waals surface area contributed by atoms with Crippen LogP contribution in [0.2, 0.25) is 5.02 Å². The molecular formula is C27H21ClF4. The minimum absolute atomic E-state index is 0.0503. The smallest absolute Gasteiger partial charge is 0.142 e. The fourth-order valence-electron chi connectivity index (χ4n) is 3.99. The highest BCUT2D eigenvalue weighted by atomic mass is 35.5. The van der Waals surface area contributed by atoms with Crippen molar-refractivity contribution in [1.29, 1.82) is 0 Å². The third-order valence-electron chi connectivity index (χ3n) is 5.63. The molecule has 0 radical (unpaired) electrons. The predicted molar refractivity (Wildman–Crippen MR) is 122 cm³/mol. The standard InChI is InChI=1S/C27H21ClF4/c1-2-3-17-13-24(30)26(25(31)14-17)20-9-10-21-19(15-20)8-7-18(27(21)32)6-4-16-5-11-22(28)23(29)12-16/h5,7-15H,2-4,6H2,1H3. The van der Waals surface area contributed by atoms with Gasteiger partial charge in [-0.1, -0.05) is 55.3 Å². The van der Waals surface area contributed by atoms with Crippen molar-refractivity contribution in [1.82, 2.24) is 0 Å². The van der Waals surface area contributed by atoms with Crippen molar-refractivity contribution in [2.75, 3.05) is 0 Å². The summed E-state index contributed by atoms with van der Waals surface area (Å²) in [7, 11) is 0. The van der Waals surface area contributed by atoms with Crippen molar-refractivity contribution in [2.24, 2.45) is 0 Å². The predicted octanol–water partition coefficient (Wildman–Crippen LogP) is 8.45. The van der Waals surface area contributed by atoms with Gasteiger partial charge < -0.3 is 0 Å². The van der Waals surface area contributed by atoms with E-state index in [1.54, 1.807) is 30.3 Å². The van der Waals surface area contributed by atoms with E-state index in [2.05, 4.69) is 0 Å². The molecule has 0 aromatic heterocycles. The van der Waals surface area contributed by atoms with Crippen LogP contribution in [0.25, 0.3) is 21.9 Å². The maximum Gasteiger partial charge on any atom is 0.142 e. The van der Waals surface area contributed by atoms with Crippen molar-refractivity contribution in [2.45, 2.75) is 32.6 Å². The minimum atomic E-state index is -0.625. The summed E-state index contributed by atoms with van der Waals surface area (Å²) in [6, 6.07) is 15.3. The number of fused-ring (bicyclic) bond motifs is 1. The van der Waals surface area contributed by atoms with E-state index in [0.29, 0.717) is 46.7 Å². The summed E-state index contributed by atoms with van der Waals surface area (Å²) in [4.78, 5) is 0. The molecule has 0 nitrogen and oxygen atoms in total. The second-order valence-corrected chi connectivity index (χ2v) is 8.31. The molecule has 4 rings (SSSR count). The zero-order chi connectivity index (χ0) is 22.8. The first kappa shape index (κ1) is 22.3. The summed E-state index contributed by atoms with van der Waals surface area (Å²) in [6.07, 6.45) is 2.23. The van der Waals surface area contributed by atoms with E-state index in [4.69, 9.17) is 11.6 Å². The first-order chi connectivity index (χ1) is 15.4. The Labute approximate surface area is 189 Å². The van der Waals surface area contributed by atoms with Gasteiger partial charge in [0.05, 0.1) is 10.6 Å². The Morgan fingerprint density at radius 2 is 1.41 bits per heavy atom. The first-order valence-electron chi connectivity index (χ1n) is 10.5. The molecule has 32 heavy (non-hydrogen) atoms. The van der Waals surface area contributed by atoms with Crippen molar-refractivity contribution in [3.8, 4) is 11.1 Å². The van der Waals surface area contributed by atoms with Gasteiger partial charge in [-0.3, -0.25) is 0 Å². The monoisotopic (exact) mass is 456 g/mol. The molecule has 0 aliphatic carbocycles. The van der Waals surface area contributed by atoms with E-state index in [9.17, 15) is 13.2 Å². The first-order valence-corrected chi connectivity index (χ1v) is 10.9. The molecule has 0 atom stereocenters. The lowest BCUT2D eigenvalue weighted by molar-refractivity contribution is 0.585. The van der Waals surface area contributed by atoms with Gasteiger partial charge in [-0.2, -0.15) is 0 Å². The molecule has 0 amide bonds. The van der Waals surface area contributed by atoms with Crippen LogP contribution >= 0.6 is 11.6 Å². The summed E-state index contributed by atoms with van der Waals surface area (Å²) >= 11 is 5.70. The molecule has 0 N–H and O–H groups in total. The number of hydrogen-bond donors (Lipinski definition) is 0. The van der Waals surface area contributed by atoms with Crippen molar-refractivity contribution in [3.05, 3.63) is 106 Å². The van der Waals surface area contributed by atoms with Crippen LogP contribution in [0.1, 0.15) is 30.0 Å². The van der Waals surface area contributed by atoms with E-state index >= 15 is 4.39 Å². The average molecular weight is 457 g/mol. The lowest BCUT2D eigenvalue weighted by Gasteiger charge is -2.11. The minimum Gasteiger partial charge on any atom is -0.206 e. The molecule has 0 saturated heterocycles. The highest BCUT2D eigenvalue weighted by molar-refractivity contribution is 6.30. The van der Waals surface area contributed by atoms with E-state index < -0.39 is 17.5 Å². The van der Waals surface area contributed by atoms with Crippen LogP contribution in [0, 0.1) is 23.3 Å². The van der Waals surface area contributed by atoms with E-state index in [0.717, 1.165) is 12.0 Å². The van der Waals surface area contributed by atoms with Crippen molar-refractivity contribution >= 4 is 22.4 Å². The molecule has 0 heterocycles. The Balaban J connectivity index is 1.63. The third-order valence-corrected chi connectivity index (χ3v) is 5.94. The quantitative estimate of drug-likeness (QED) is 0.255. The lowest BCUT2D eigenvalue weighted by Crippen LogP contribution is -1.98. The lowest BCUT2D eigenvalue weighted by atomic mass is 9.96. The summed E-state index contributed by atoms with van der Waals surface area (Å²) in [5.41, 5.74) is 2.07. The molecule has 4 aromatic carbocycles. The summed E-state index contributed by atoms with van der Waals surface area (Å²) in [5.74, 6) is -2.14. The molecule has 0 aliphatic rings. The summed E-state index contributed by atoms with van der Waals surface area (Å²) in [5, 5.41) is 0.976.